The monoisotopic (exact) mass is 375 g/mol. The summed E-state index contributed by atoms with van der Waals surface area (Å²) >= 11 is 0. The predicted octanol–water partition coefficient (Wildman–Crippen LogP) is 2.71. The Kier molecular flexibility index (Phi) is 5.90. The Morgan fingerprint density at radius 1 is 0.962 bits per heavy atom. The maximum atomic E-state index is 12.6. The van der Waals surface area contributed by atoms with Crippen molar-refractivity contribution in [2.75, 3.05) is 26.3 Å². The van der Waals surface area contributed by atoms with Crippen LogP contribution >= 0.6 is 0 Å². The van der Waals surface area contributed by atoms with Crippen LogP contribution in [0.15, 0.2) is 59.5 Å². The van der Waals surface area contributed by atoms with E-state index in [9.17, 15) is 13.2 Å². The van der Waals surface area contributed by atoms with Gasteiger partial charge in [0.2, 0.25) is 10.0 Å². The van der Waals surface area contributed by atoms with E-state index in [-0.39, 0.29) is 23.7 Å². The topological polar surface area (TPSA) is 72.9 Å². The molecule has 1 aliphatic rings. The Bertz CT molecular complexity index is 845. The molecule has 1 saturated heterocycles. The lowest BCUT2D eigenvalue weighted by molar-refractivity contribution is 0.0450. The maximum Gasteiger partial charge on any atom is 0.338 e. The average Bonchev–Trinajstić information content (AvgIpc) is 3.22. The molecular formula is C19H21NO5S. The lowest BCUT2D eigenvalue weighted by atomic mass is 10.2. The number of hydrogen-bond donors (Lipinski definition) is 0. The van der Waals surface area contributed by atoms with Crippen molar-refractivity contribution in [1.29, 1.82) is 0 Å². The second kappa shape index (κ2) is 8.33. The molecule has 3 rings (SSSR count). The fourth-order valence-electron chi connectivity index (χ4n) is 2.76. The average molecular weight is 375 g/mol. The molecule has 2 aromatic carbocycles. The number of hydrogen-bond acceptors (Lipinski definition) is 5. The highest BCUT2D eigenvalue weighted by Crippen LogP contribution is 2.21. The van der Waals surface area contributed by atoms with Crippen LogP contribution in [-0.2, 0) is 14.8 Å². The number of nitrogens with zero attached hydrogens (tertiary/aromatic N) is 1. The van der Waals surface area contributed by atoms with Gasteiger partial charge in [0.25, 0.3) is 0 Å². The Hall–Kier alpha value is -2.38. The number of benzene rings is 2. The van der Waals surface area contributed by atoms with Gasteiger partial charge in [0.05, 0.1) is 10.5 Å². The summed E-state index contributed by atoms with van der Waals surface area (Å²) in [5.74, 6) is 0.127. The second-order valence-corrected chi connectivity index (χ2v) is 7.87. The summed E-state index contributed by atoms with van der Waals surface area (Å²) < 4.78 is 37.2. The van der Waals surface area contributed by atoms with Crippen LogP contribution in [0.2, 0.25) is 0 Å². The molecule has 0 aromatic heterocycles. The lowest BCUT2D eigenvalue weighted by Gasteiger charge is -2.15. The normalized spacial score (nSPS) is 14.9. The van der Waals surface area contributed by atoms with Gasteiger partial charge >= 0.3 is 5.97 Å². The van der Waals surface area contributed by atoms with Gasteiger partial charge in [-0.1, -0.05) is 24.3 Å². The molecule has 6 nitrogen and oxygen atoms in total. The molecule has 0 aliphatic carbocycles. The molecule has 26 heavy (non-hydrogen) atoms. The van der Waals surface area contributed by atoms with Crippen LogP contribution in [0.3, 0.4) is 0 Å². The number of carbonyl (C=O) groups excluding carboxylic acids is 1. The van der Waals surface area contributed by atoms with Crippen LogP contribution in [0.1, 0.15) is 23.2 Å². The number of rotatable bonds is 7. The molecule has 1 fully saturated rings. The fraction of sp³-hybridized carbons (Fsp3) is 0.316. The first kappa shape index (κ1) is 18.4. The summed E-state index contributed by atoms with van der Waals surface area (Å²) in [6.07, 6.45) is 1.73. The van der Waals surface area contributed by atoms with Gasteiger partial charge < -0.3 is 9.47 Å². The largest absolute Gasteiger partial charge is 0.490 e. The Morgan fingerprint density at radius 2 is 1.69 bits per heavy atom. The highest BCUT2D eigenvalue weighted by molar-refractivity contribution is 7.89. The van der Waals surface area contributed by atoms with E-state index >= 15 is 0 Å². The van der Waals surface area contributed by atoms with Crippen LogP contribution < -0.4 is 4.74 Å². The van der Waals surface area contributed by atoms with Crippen molar-refractivity contribution in [3.05, 3.63) is 60.2 Å². The summed E-state index contributed by atoms with van der Waals surface area (Å²) in [5, 5.41) is 0. The van der Waals surface area contributed by atoms with Crippen LogP contribution in [0.25, 0.3) is 0 Å². The van der Waals surface area contributed by atoms with Crippen molar-refractivity contribution in [3.8, 4) is 5.75 Å². The third-order valence-corrected chi connectivity index (χ3v) is 6.00. The molecule has 1 heterocycles. The molecule has 7 heteroatoms. The molecule has 0 atom stereocenters. The zero-order valence-corrected chi connectivity index (χ0v) is 15.2. The molecule has 0 radical (unpaired) electrons. The summed E-state index contributed by atoms with van der Waals surface area (Å²) in [6, 6.07) is 15.2. The third-order valence-electron chi connectivity index (χ3n) is 4.10. The molecular weight excluding hydrogens is 354 g/mol. The smallest absolute Gasteiger partial charge is 0.338 e. The second-order valence-electron chi connectivity index (χ2n) is 5.94. The van der Waals surface area contributed by atoms with E-state index in [0.29, 0.717) is 18.8 Å². The highest BCUT2D eigenvalue weighted by atomic mass is 32.2. The third kappa shape index (κ3) is 4.42. The van der Waals surface area contributed by atoms with E-state index in [1.54, 1.807) is 12.1 Å². The van der Waals surface area contributed by atoms with Crippen LogP contribution in [0, 0.1) is 0 Å². The molecule has 1 aliphatic heterocycles. The number of esters is 1. The first-order valence-electron chi connectivity index (χ1n) is 8.52. The van der Waals surface area contributed by atoms with Crippen LogP contribution in [0.4, 0.5) is 0 Å². The summed E-state index contributed by atoms with van der Waals surface area (Å²) in [6.45, 7) is 1.35. The van der Waals surface area contributed by atoms with Gasteiger partial charge in [-0.3, -0.25) is 0 Å². The SMILES string of the molecule is O=C(OCCOc1ccccc1)c1cccc(S(=O)(=O)N2CCCC2)c1. The Balaban J connectivity index is 1.58. The van der Waals surface area contributed by atoms with E-state index in [4.69, 9.17) is 9.47 Å². The van der Waals surface area contributed by atoms with Gasteiger partial charge in [0.1, 0.15) is 19.0 Å². The standard InChI is InChI=1S/C19H21NO5S/c21-19(25-14-13-24-17-8-2-1-3-9-17)16-7-6-10-18(15-16)26(22,23)20-11-4-5-12-20/h1-3,6-10,15H,4-5,11-14H2. The number of carbonyl (C=O) groups is 1. The predicted molar refractivity (Wildman–Crippen MR) is 96.7 cm³/mol. The van der Waals surface area contributed by atoms with E-state index < -0.39 is 16.0 Å². The summed E-state index contributed by atoms with van der Waals surface area (Å²) in [5.41, 5.74) is 0.213. The van der Waals surface area contributed by atoms with Crippen LogP contribution in [-0.4, -0.2) is 45.0 Å². The number of sulfonamides is 1. The maximum absolute atomic E-state index is 12.6. The fourth-order valence-corrected chi connectivity index (χ4v) is 4.32. The van der Waals surface area contributed by atoms with Gasteiger partial charge in [-0.05, 0) is 43.2 Å². The van der Waals surface area contributed by atoms with E-state index in [1.807, 2.05) is 30.3 Å². The molecule has 138 valence electrons. The molecule has 0 spiro atoms. The highest BCUT2D eigenvalue weighted by Gasteiger charge is 2.27. The van der Waals surface area contributed by atoms with Crippen molar-refractivity contribution < 1.29 is 22.7 Å². The van der Waals surface area contributed by atoms with Crippen LogP contribution in [0.5, 0.6) is 5.75 Å². The van der Waals surface area contributed by atoms with Gasteiger partial charge in [0, 0.05) is 13.1 Å². The van der Waals surface area contributed by atoms with Gasteiger partial charge in [-0.2, -0.15) is 4.31 Å². The van der Waals surface area contributed by atoms with Crippen molar-refractivity contribution in [2.45, 2.75) is 17.7 Å². The minimum Gasteiger partial charge on any atom is -0.490 e. The minimum absolute atomic E-state index is 0.0802. The lowest BCUT2D eigenvalue weighted by Crippen LogP contribution is -2.28. The minimum atomic E-state index is -3.56. The Morgan fingerprint density at radius 3 is 2.42 bits per heavy atom. The zero-order valence-electron chi connectivity index (χ0n) is 14.3. The summed E-state index contributed by atoms with van der Waals surface area (Å²) in [4.78, 5) is 12.3. The van der Waals surface area contributed by atoms with E-state index in [0.717, 1.165) is 12.8 Å². The molecule has 2 aromatic rings. The van der Waals surface area contributed by atoms with Gasteiger partial charge in [-0.15, -0.1) is 0 Å². The van der Waals surface area contributed by atoms with Crippen molar-refractivity contribution in [3.63, 3.8) is 0 Å². The van der Waals surface area contributed by atoms with Crippen molar-refractivity contribution in [1.82, 2.24) is 4.31 Å². The first-order valence-corrected chi connectivity index (χ1v) is 9.96. The molecule has 0 amide bonds. The van der Waals surface area contributed by atoms with Crippen molar-refractivity contribution >= 4 is 16.0 Å². The van der Waals surface area contributed by atoms with Crippen molar-refractivity contribution in [2.24, 2.45) is 0 Å². The molecule has 0 bridgehead atoms. The Labute approximate surface area is 153 Å². The number of ether oxygens (including phenoxy) is 2. The first-order chi connectivity index (χ1) is 12.6. The summed E-state index contributed by atoms with van der Waals surface area (Å²) in [7, 11) is -3.56. The molecule has 0 N–H and O–H groups in total. The quantitative estimate of drug-likeness (QED) is 0.550. The molecule has 0 saturated carbocycles. The number of para-hydroxylation sites is 1. The molecule has 0 unspecified atom stereocenters. The zero-order chi connectivity index (χ0) is 18.4. The van der Waals surface area contributed by atoms with E-state index in [1.165, 1.54) is 16.4 Å². The van der Waals surface area contributed by atoms with E-state index in [2.05, 4.69) is 0 Å². The van der Waals surface area contributed by atoms with Gasteiger partial charge in [-0.25, -0.2) is 13.2 Å². The van der Waals surface area contributed by atoms with Gasteiger partial charge in [0.15, 0.2) is 0 Å².